The van der Waals surface area contributed by atoms with Crippen LogP contribution in [-0.2, 0) is 0 Å². The first kappa shape index (κ1) is 18.5. The number of aliphatic hydroxyl groups is 4. The molecule has 0 aromatic heterocycles. The van der Waals surface area contributed by atoms with Crippen molar-refractivity contribution >= 4 is 0 Å². The van der Waals surface area contributed by atoms with Gasteiger partial charge in [0.2, 0.25) is 0 Å². The first-order chi connectivity index (χ1) is 11.4. The van der Waals surface area contributed by atoms with E-state index < -0.39 is 11.2 Å². The zero-order chi connectivity index (χ0) is 17.2. The van der Waals surface area contributed by atoms with Gasteiger partial charge in [0.15, 0.2) is 0 Å². The van der Waals surface area contributed by atoms with Crippen LogP contribution in [0.1, 0.15) is 51.4 Å². The molecule has 0 amide bonds. The van der Waals surface area contributed by atoms with E-state index in [1.54, 1.807) is 0 Å². The molecule has 4 fully saturated rings. The molecule has 0 aromatic carbocycles. The van der Waals surface area contributed by atoms with Gasteiger partial charge in [-0.3, -0.25) is 0 Å². The number of β-amino-alcohol motifs (C(OH)–C–C–N with tert-alkyl or cyclic N) is 2. The van der Waals surface area contributed by atoms with E-state index in [9.17, 15) is 20.4 Å². The molecule has 140 valence electrons. The monoisotopic (exact) mass is 342 g/mol. The van der Waals surface area contributed by atoms with Gasteiger partial charge in [0.05, 0.1) is 23.4 Å². The van der Waals surface area contributed by atoms with Crippen LogP contribution in [0.5, 0.6) is 0 Å². The predicted octanol–water partition coefficient (Wildman–Crippen LogP) is -0.256. The molecule has 2 aliphatic carbocycles. The predicted molar refractivity (Wildman–Crippen MR) is 91.6 cm³/mol. The highest BCUT2D eigenvalue weighted by Crippen LogP contribution is 2.36. The SMILES string of the molecule is OC1CCCCC1C1(O)CNC1.OC1CCCCC1C1(O)CNC1. The number of nitrogens with one attached hydrogen (secondary N) is 2. The third-order valence-electron chi connectivity index (χ3n) is 6.56. The minimum absolute atomic E-state index is 0.118. The number of aliphatic hydroxyl groups excluding tert-OH is 2. The average Bonchev–Trinajstić information content (AvgIpc) is 2.52. The van der Waals surface area contributed by atoms with Crippen LogP contribution < -0.4 is 10.6 Å². The maximum Gasteiger partial charge on any atom is 0.0947 e. The summed E-state index contributed by atoms with van der Waals surface area (Å²) < 4.78 is 0. The van der Waals surface area contributed by atoms with Crippen LogP contribution in [0.25, 0.3) is 0 Å². The van der Waals surface area contributed by atoms with E-state index in [0.29, 0.717) is 26.2 Å². The maximum absolute atomic E-state index is 9.98. The minimum atomic E-state index is -0.597. The molecule has 24 heavy (non-hydrogen) atoms. The average molecular weight is 342 g/mol. The second-order valence-electron chi connectivity index (χ2n) is 8.33. The van der Waals surface area contributed by atoms with Crippen molar-refractivity contribution in [2.45, 2.75) is 74.8 Å². The Balaban J connectivity index is 0.000000141. The summed E-state index contributed by atoms with van der Waals surface area (Å²) in [6.07, 6.45) is 7.70. The van der Waals surface area contributed by atoms with Gasteiger partial charge in [-0.15, -0.1) is 0 Å². The Morgan fingerprint density at radius 3 is 1.17 bits per heavy atom. The summed E-state index contributed by atoms with van der Waals surface area (Å²) in [5.41, 5.74) is -1.19. The van der Waals surface area contributed by atoms with Crippen molar-refractivity contribution in [2.75, 3.05) is 26.2 Å². The lowest BCUT2D eigenvalue weighted by atomic mass is 9.72. The minimum Gasteiger partial charge on any atom is -0.393 e. The van der Waals surface area contributed by atoms with Crippen LogP contribution in [0.4, 0.5) is 0 Å². The topological polar surface area (TPSA) is 105 Å². The summed E-state index contributed by atoms with van der Waals surface area (Å²) in [6.45, 7) is 2.65. The molecule has 0 bridgehead atoms. The normalized spacial score (nSPS) is 40.5. The fourth-order valence-electron chi connectivity index (χ4n) is 4.76. The number of rotatable bonds is 2. The van der Waals surface area contributed by atoms with Gasteiger partial charge < -0.3 is 31.1 Å². The number of hydrogen-bond acceptors (Lipinski definition) is 6. The van der Waals surface area contributed by atoms with Crippen LogP contribution >= 0.6 is 0 Å². The summed E-state index contributed by atoms with van der Waals surface area (Å²) >= 11 is 0. The third-order valence-corrected chi connectivity index (χ3v) is 6.56. The zero-order valence-corrected chi connectivity index (χ0v) is 14.6. The quantitative estimate of drug-likeness (QED) is 0.413. The van der Waals surface area contributed by atoms with Crippen molar-refractivity contribution in [3.63, 3.8) is 0 Å². The van der Waals surface area contributed by atoms with Crippen molar-refractivity contribution in [1.29, 1.82) is 0 Å². The largest absolute Gasteiger partial charge is 0.393 e. The second-order valence-corrected chi connectivity index (χ2v) is 8.33. The molecule has 2 aliphatic heterocycles. The van der Waals surface area contributed by atoms with Gasteiger partial charge in [0.1, 0.15) is 0 Å². The van der Waals surface area contributed by atoms with Crippen LogP contribution in [0.15, 0.2) is 0 Å². The van der Waals surface area contributed by atoms with E-state index in [-0.39, 0.29) is 24.0 Å². The zero-order valence-electron chi connectivity index (χ0n) is 14.6. The van der Waals surface area contributed by atoms with Crippen molar-refractivity contribution in [2.24, 2.45) is 11.8 Å². The molecule has 4 aliphatic rings. The van der Waals surface area contributed by atoms with Gasteiger partial charge in [-0.1, -0.05) is 25.7 Å². The van der Waals surface area contributed by atoms with Crippen LogP contribution in [-0.4, -0.2) is 70.0 Å². The van der Waals surface area contributed by atoms with E-state index in [4.69, 9.17) is 0 Å². The molecule has 2 heterocycles. The van der Waals surface area contributed by atoms with E-state index in [0.717, 1.165) is 51.4 Å². The smallest absolute Gasteiger partial charge is 0.0947 e. The molecule has 4 unspecified atom stereocenters. The molecule has 6 heteroatoms. The summed E-state index contributed by atoms with van der Waals surface area (Å²) in [5.74, 6) is 0.236. The molecule has 4 atom stereocenters. The fraction of sp³-hybridized carbons (Fsp3) is 1.00. The van der Waals surface area contributed by atoms with E-state index in [2.05, 4.69) is 10.6 Å². The molecule has 6 N–H and O–H groups in total. The van der Waals surface area contributed by atoms with E-state index in [1.165, 1.54) is 0 Å². The summed E-state index contributed by atoms with van der Waals surface area (Å²) in [7, 11) is 0. The Labute approximate surface area is 144 Å². The molecule has 0 aromatic rings. The molecule has 2 saturated carbocycles. The lowest BCUT2D eigenvalue weighted by molar-refractivity contribution is -0.116. The van der Waals surface area contributed by atoms with Crippen molar-refractivity contribution in [3.8, 4) is 0 Å². The van der Waals surface area contributed by atoms with Gasteiger partial charge in [-0.05, 0) is 25.7 Å². The Morgan fingerprint density at radius 1 is 0.583 bits per heavy atom. The molecule has 0 spiro atoms. The highest BCUT2D eigenvalue weighted by molar-refractivity contribution is 5.02. The lowest BCUT2D eigenvalue weighted by Gasteiger charge is -2.47. The van der Waals surface area contributed by atoms with Gasteiger partial charge in [0, 0.05) is 38.0 Å². The van der Waals surface area contributed by atoms with Gasteiger partial charge in [-0.2, -0.15) is 0 Å². The first-order valence-corrected chi connectivity index (χ1v) is 9.67. The van der Waals surface area contributed by atoms with E-state index >= 15 is 0 Å². The molecule has 2 saturated heterocycles. The molecular weight excluding hydrogens is 308 g/mol. The molecular formula is C18H34N2O4. The first-order valence-electron chi connectivity index (χ1n) is 9.67. The Bertz CT molecular complexity index is 374. The summed E-state index contributed by atoms with van der Waals surface area (Å²) in [4.78, 5) is 0. The van der Waals surface area contributed by atoms with Gasteiger partial charge in [-0.25, -0.2) is 0 Å². The van der Waals surface area contributed by atoms with Crippen molar-refractivity contribution in [3.05, 3.63) is 0 Å². The third kappa shape index (κ3) is 3.79. The van der Waals surface area contributed by atoms with E-state index in [1.807, 2.05) is 0 Å². The Morgan fingerprint density at radius 2 is 0.917 bits per heavy atom. The Hall–Kier alpha value is -0.240. The summed E-state index contributed by atoms with van der Waals surface area (Å²) in [6, 6.07) is 0. The van der Waals surface area contributed by atoms with Crippen molar-refractivity contribution < 1.29 is 20.4 Å². The maximum atomic E-state index is 9.98. The number of hydrogen-bond donors (Lipinski definition) is 6. The second kappa shape index (κ2) is 7.56. The van der Waals surface area contributed by atoms with Crippen LogP contribution in [0.2, 0.25) is 0 Å². The van der Waals surface area contributed by atoms with Crippen LogP contribution in [0.3, 0.4) is 0 Å². The summed E-state index contributed by atoms with van der Waals surface area (Å²) in [5, 5.41) is 45.4. The fourth-order valence-corrected chi connectivity index (χ4v) is 4.76. The molecule has 6 nitrogen and oxygen atoms in total. The molecule has 0 radical (unpaired) electrons. The van der Waals surface area contributed by atoms with Crippen molar-refractivity contribution in [1.82, 2.24) is 10.6 Å². The highest BCUT2D eigenvalue weighted by atomic mass is 16.3. The van der Waals surface area contributed by atoms with Gasteiger partial charge >= 0.3 is 0 Å². The standard InChI is InChI=1S/2C9H17NO2/c2*11-8-4-2-1-3-7(8)9(12)5-10-6-9/h2*7-8,10-12H,1-6H2. The lowest BCUT2D eigenvalue weighted by Crippen LogP contribution is -2.66. The Kier molecular flexibility index (Phi) is 5.84. The van der Waals surface area contributed by atoms with Gasteiger partial charge in [0.25, 0.3) is 0 Å². The highest BCUT2D eigenvalue weighted by Gasteiger charge is 2.46. The van der Waals surface area contributed by atoms with Crippen LogP contribution in [0, 0.1) is 11.8 Å². The molecule has 4 rings (SSSR count).